The molecule has 0 aromatic carbocycles. The zero-order valence-electron chi connectivity index (χ0n) is 9.97. The van der Waals surface area contributed by atoms with Gasteiger partial charge in [-0.3, -0.25) is 4.79 Å². The molecule has 1 amide bonds. The maximum absolute atomic E-state index is 12.3. The topological polar surface area (TPSA) is 57.6 Å². The van der Waals surface area contributed by atoms with Crippen LogP contribution in [0.2, 0.25) is 0 Å². The van der Waals surface area contributed by atoms with Crippen molar-refractivity contribution in [1.82, 2.24) is 4.90 Å². The van der Waals surface area contributed by atoms with Crippen molar-refractivity contribution in [1.29, 1.82) is 0 Å². The summed E-state index contributed by atoms with van der Waals surface area (Å²) in [6.45, 7) is 0.607. The van der Waals surface area contributed by atoms with E-state index in [-0.39, 0.29) is 11.8 Å². The molecule has 1 aliphatic carbocycles. The highest BCUT2D eigenvalue weighted by atomic mass is 16.4. The van der Waals surface area contributed by atoms with Crippen LogP contribution < -0.4 is 0 Å². The summed E-state index contributed by atoms with van der Waals surface area (Å²) in [5.74, 6) is -0.814. The summed E-state index contributed by atoms with van der Waals surface area (Å²) in [4.78, 5) is 25.0. The van der Waals surface area contributed by atoms with Crippen molar-refractivity contribution in [2.75, 3.05) is 6.54 Å². The molecule has 0 aromatic heterocycles. The van der Waals surface area contributed by atoms with Crippen LogP contribution in [0.1, 0.15) is 38.5 Å². The SMILES string of the molecule is O=C(O)[C@H]1CCCCN1C(=O)[C@H]1CC=CCC1. The number of piperidine rings is 1. The predicted molar refractivity (Wildman–Crippen MR) is 63.5 cm³/mol. The van der Waals surface area contributed by atoms with E-state index in [0.29, 0.717) is 13.0 Å². The fourth-order valence-electron chi connectivity index (χ4n) is 2.70. The lowest BCUT2D eigenvalue weighted by Crippen LogP contribution is -2.50. The fraction of sp³-hybridized carbons (Fsp3) is 0.692. The molecule has 1 fully saturated rings. The van der Waals surface area contributed by atoms with Gasteiger partial charge in [-0.1, -0.05) is 12.2 Å². The number of rotatable bonds is 2. The van der Waals surface area contributed by atoms with E-state index >= 15 is 0 Å². The standard InChI is InChI=1S/C13H19NO3/c15-12(10-6-2-1-3-7-10)14-9-5-4-8-11(14)13(16)17/h1-2,10-11H,3-9H2,(H,16,17)/t10-,11+/m0/s1. The number of carbonyl (C=O) groups excluding carboxylic acids is 1. The van der Waals surface area contributed by atoms with Gasteiger partial charge in [0, 0.05) is 12.5 Å². The number of likely N-dealkylation sites (tertiary alicyclic amines) is 1. The van der Waals surface area contributed by atoms with E-state index in [0.717, 1.165) is 32.1 Å². The van der Waals surface area contributed by atoms with Gasteiger partial charge >= 0.3 is 5.97 Å². The average molecular weight is 237 g/mol. The molecule has 0 aromatic rings. The van der Waals surface area contributed by atoms with Crippen molar-refractivity contribution >= 4 is 11.9 Å². The Bertz CT molecular complexity index is 338. The lowest BCUT2D eigenvalue weighted by atomic mass is 9.91. The summed E-state index contributed by atoms with van der Waals surface area (Å²) < 4.78 is 0. The molecule has 0 unspecified atom stereocenters. The van der Waals surface area contributed by atoms with Crippen LogP contribution in [0.4, 0.5) is 0 Å². The minimum Gasteiger partial charge on any atom is -0.480 e. The monoisotopic (exact) mass is 237 g/mol. The molecule has 0 bridgehead atoms. The minimum atomic E-state index is -0.857. The molecule has 2 atom stereocenters. The second-order valence-corrected chi connectivity index (χ2v) is 4.86. The van der Waals surface area contributed by atoms with Gasteiger partial charge in [-0.2, -0.15) is 0 Å². The summed E-state index contributed by atoms with van der Waals surface area (Å²) >= 11 is 0. The second kappa shape index (κ2) is 5.34. The third-order valence-corrected chi connectivity index (χ3v) is 3.69. The maximum atomic E-state index is 12.3. The fourth-order valence-corrected chi connectivity index (χ4v) is 2.70. The maximum Gasteiger partial charge on any atom is 0.326 e. The Morgan fingerprint density at radius 1 is 1.18 bits per heavy atom. The molecular formula is C13H19NO3. The van der Waals surface area contributed by atoms with Crippen LogP contribution in [0.25, 0.3) is 0 Å². The molecule has 0 saturated carbocycles. The normalized spacial score (nSPS) is 29.1. The Balaban J connectivity index is 2.05. The number of carbonyl (C=O) groups is 2. The van der Waals surface area contributed by atoms with Gasteiger partial charge < -0.3 is 10.0 Å². The van der Waals surface area contributed by atoms with E-state index in [1.54, 1.807) is 4.90 Å². The van der Waals surface area contributed by atoms with Gasteiger partial charge in [-0.15, -0.1) is 0 Å². The van der Waals surface area contributed by atoms with Crippen molar-refractivity contribution < 1.29 is 14.7 Å². The number of amides is 1. The zero-order valence-corrected chi connectivity index (χ0v) is 9.97. The molecule has 1 saturated heterocycles. The summed E-state index contributed by atoms with van der Waals surface area (Å²) in [7, 11) is 0. The molecule has 0 spiro atoms. The van der Waals surface area contributed by atoms with Crippen LogP contribution in [-0.4, -0.2) is 34.5 Å². The molecule has 17 heavy (non-hydrogen) atoms. The third kappa shape index (κ3) is 2.68. The molecule has 94 valence electrons. The molecule has 2 aliphatic rings. The number of aliphatic carboxylic acids is 1. The van der Waals surface area contributed by atoms with E-state index in [9.17, 15) is 9.59 Å². The van der Waals surface area contributed by atoms with E-state index in [4.69, 9.17) is 5.11 Å². The van der Waals surface area contributed by atoms with Crippen LogP contribution in [0.15, 0.2) is 12.2 Å². The summed E-state index contributed by atoms with van der Waals surface area (Å²) in [5.41, 5.74) is 0. The Labute approximate surface area is 101 Å². The first-order chi connectivity index (χ1) is 8.20. The first-order valence-electron chi connectivity index (χ1n) is 6.38. The van der Waals surface area contributed by atoms with Crippen molar-refractivity contribution in [3.63, 3.8) is 0 Å². The lowest BCUT2D eigenvalue weighted by molar-refractivity contribution is -0.154. The molecule has 4 nitrogen and oxygen atoms in total. The van der Waals surface area contributed by atoms with E-state index in [1.165, 1.54) is 0 Å². The summed E-state index contributed by atoms with van der Waals surface area (Å²) in [5, 5.41) is 9.15. The van der Waals surface area contributed by atoms with Crippen LogP contribution in [0, 0.1) is 5.92 Å². The summed E-state index contributed by atoms with van der Waals surface area (Å²) in [6, 6.07) is -0.595. The Kier molecular flexibility index (Phi) is 3.82. The quantitative estimate of drug-likeness (QED) is 0.745. The second-order valence-electron chi connectivity index (χ2n) is 4.86. The number of allylic oxidation sites excluding steroid dienone is 2. The molecule has 1 heterocycles. The number of carboxylic acid groups (broad SMARTS) is 1. The van der Waals surface area contributed by atoms with Crippen LogP contribution in [0.5, 0.6) is 0 Å². The van der Waals surface area contributed by atoms with Crippen molar-refractivity contribution in [3.8, 4) is 0 Å². The van der Waals surface area contributed by atoms with Gasteiger partial charge in [0.25, 0.3) is 0 Å². The van der Waals surface area contributed by atoms with Crippen LogP contribution in [-0.2, 0) is 9.59 Å². The Hall–Kier alpha value is -1.32. The lowest BCUT2D eigenvalue weighted by Gasteiger charge is -2.35. The molecule has 1 N–H and O–H groups in total. The first kappa shape index (κ1) is 12.1. The molecule has 0 radical (unpaired) electrons. The van der Waals surface area contributed by atoms with Gasteiger partial charge in [-0.05, 0) is 38.5 Å². The third-order valence-electron chi connectivity index (χ3n) is 3.69. The Morgan fingerprint density at radius 2 is 2.00 bits per heavy atom. The zero-order chi connectivity index (χ0) is 12.3. The van der Waals surface area contributed by atoms with Gasteiger partial charge in [0.05, 0.1) is 0 Å². The molecule has 2 rings (SSSR count). The van der Waals surface area contributed by atoms with Crippen molar-refractivity contribution in [2.45, 2.75) is 44.6 Å². The molecule has 1 aliphatic heterocycles. The molecular weight excluding hydrogens is 218 g/mol. The smallest absolute Gasteiger partial charge is 0.326 e. The largest absolute Gasteiger partial charge is 0.480 e. The minimum absolute atomic E-state index is 0.0000463. The van der Waals surface area contributed by atoms with Gasteiger partial charge in [0.15, 0.2) is 0 Å². The highest BCUT2D eigenvalue weighted by Gasteiger charge is 2.34. The average Bonchev–Trinajstić information content (AvgIpc) is 2.39. The summed E-state index contributed by atoms with van der Waals surface area (Å²) in [6.07, 6.45) is 9.12. The van der Waals surface area contributed by atoms with Crippen LogP contribution in [0.3, 0.4) is 0 Å². The van der Waals surface area contributed by atoms with E-state index in [1.807, 2.05) is 6.08 Å². The van der Waals surface area contributed by atoms with Crippen LogP contribution >= 0.6 is 0 Å². The first-order valence-corrected chi connectivity index (χ1v) is 6.38. The highest BCUT2D eigenvalue weighted by molar-refractivity contribution is 5.85. The van der Waals surface area contributed by atoms with E-state index < -0.39 is 12.0 Å². The highest BCUT2D eigenvalue weighted by Crippen LogP contribution is 2.25. The van der Waals surface area contributed by atoms with E-state index in [2.05, 4.69) is 6.08 Å². The Morgan fingerprint density at radius 3 is 2.65 bits per heavy atom. The van der Waals surface area contributed by atoms with Gasteiger partial charge in [-0.25, -0.2) is 4.79 Å². The van der Waals surface area contributed by atoms with Gasteiger partial charge in [0.2, 0.25) is 5.91 Å². The van der Waals surface area contributed by atoms with Crippen molar-refractivity contribution in [3.05, 3.63) is 12.2 Å². The number of nitrogens with zero attached hydrogens (tertiary/aromatic N) is 1. The predicted octanol–water partition coefficient (Wildman–Crippen LogP) is 1.81. The van der Waals surface area contributed by atoms with Crippen molar-refractivity contribution in [2.24, 2.45) is 5.92 Å². The van der Waals surface area contributed by atoms with Gasteiger partial charge in [0.1, 0.15) is 6.04 Å². The number of carboxylic acids is 1. The number of hydrogen-bond donors (Lipinski definition) is 1. The number of hydrogen-bond acceptors (Lipinski definition) is 2. The molecule has 4 heteroatoms.